The number of amides is 1. The van der Waals surface area contributed by atoms with Gasteiger partial charge in [0.1, 0.15) is 0 Å². The van der Waals surface area contributed by atoms with E-state index < -0.39 is 11.6 Å². The van der Waals surface area contributed by atoms with Gasteiger partial charge < -0.3 is 25.7 Å². The van der Waals surface area contributed by atoms with Gasteiger partial charge >= 0.3 is 0 Å². The lowest BCUT2D eigenvalue weighted by atomic mass is 9.44. The van der Waals surface area contributed by atoms with Crippen molar-refractivity contribution in [2.45, 2.75) is 148 Å². The van der Waals surface area contributed by atoms with Crippen LogP contribution in [-0.4, -0.2) is 44.5 Å². The Hall–Kier alpha value is -0.690. The van der Waals surface area contributed by atoms with E-state index in [-0.39, 0.29) is 5.91 Å². The van der Waals surface area contributed by atoms with Crippen LogP contribution in [0, 0.1) is 46.3 Å². The fraction of sp³-hybridized carbons (Fsp3) is 0.970. The molecule has 5 aliphatic rings. The van der Waals surface area contributed by atoms with Crippen LogP contribution in [0.4, 0.5) is 0 Å². The fourth-order valence-corrected chi connectivity index (χ4v) is 10.2. The van der Waals surface area contributed by atoms with Crippen molar-refractivity contribution in [1.82, 2.24) is 5.32 Å². The average Bonchev–Trinajstić information content (AvgIpc) is 3.24. The molecule has 5 aliphatic carbocycles. The van der Waals surface area contributed by atoms with E-state index in [1.54, 1.807) is 0 Å². The zero-order valence-electron chi connectivity index (χ0n) is 25.4. The number of fused-ring (bicyclic) bond motifs is 5. The van der Waals surface area contributed by atoms with Gasteiger partial charge in [-0.2, -0.15) is 0 Å². The zero-order valence-corrected chi connectivity index (χ0v) is 25.4. The second kappa shape index (κ2) is 12.3. The third-order valence-electron chi connectivity index (χ3n) is 12.5. The number of nitrogens with one attached hydrogen (secondary N) is 1. The quantitative estimate of drug-likeness (QED) is 0.265. The summed E-state index contributed by atoms with van der Waals surface area (Å²) in [6, 6.07) is 0. The Morgan fingerprint density at radius 2 is 1.51 bits per heavy atom. The molecule has 8 unspecified atom stereocenters. The second-order valence-corrected chi connectivity index (χ2v) is 15.0. The first-order chi connectivity index (χ1) is 18.3. The number of hydrogen-bond acceptors (Lipinski definition) is 5. The lowest BCUT2D eigenvalue weighted by molar-refractivity contribution is -0.233. The van der Waals surface area contributed by atoms with Gasteiger partial charge in [0.15, 0.2) is 11.6 Å². The Morgan fingerprint density at radius 3 is 2.15 bits per heavy atom. The highest BCUT2D eigenvalue weighted by Gasteiger charge is 2.61. The number of aliphatic hydroxyl groups is 4. The van der Waals surface area contributed by atoms with E-state index >= 15 is 0 Å². The fourth-order valence-electron chi connectivity index (χ4n) is 10.2. The van der Waals surface area contributed by atoms with Crippen LogP contribution in [0.2, 0.25) is 0 Å². The number of carbonyl (C=O) groups excluding carboxylic acids is 1. The molecule has 0 aromatic heterocycles. The molecule has 0 aliphatic heterocycles. The molecule has 6 nitrogen and oxygen atoms in total. The van der Waals surface area contributed by atoms with Gasteiger partial charge in [-0.25, -0.2) is 0 Å². The van der Waals surface area contributed by atoms with E-state index in [1.165, 1.54) is 38.5 Å². The summed E-state index contributed by atoms with van der Waals surface area (Å²) in [4.78, 5) is 12.1. The monoisotopic (exact) mass is 549 g/mol. The summed E-state index contributed by atoms with van der Waals surface area (Å²) in [5, 5.41) is 41.5. The topological polar surface area (TPSA) is 110 Å². The molecule has 0 heterocycles. The highest BCUT2D eigenvalue weighted by Crippen LogP contribution is 2.68. The third-order valence-corrected chi connectivity index (χ3v) is 12.5. The van der Waals surface area contributed by atoms with E-state index in [1.807, 2.05) is 0 Å². The normalized spacial score (nSPS) is 41.2. The van der Waals surface area contributed by atoms with E-state index in [0.717, 1.165) is 68.7 Å². The van der Waals surface area contributed by atoms with E-state index in [9.17, 15) is 15.0 Å². The SMILES string of the molecule is CCCNC(=O)CCC(C)C1CCC2C3CCC4CC(O)(O)CCC4(C)C3CCC12C.OC1(O)CCCCC1. The van der Waals surface area contributed by atoms with Crippen molar-refractivity contribution in [1.29, 1.82) is 0 Å². The Morgan fingerprint density at radius 1 is 0.821 bits per heavy atom. The lowest BCUT2D eigenvalue weighted by Gasteiger charge is -2.61. The van der Waals surface area contributed by atoms with Crippen LogP contribution in [0.15, 0.2) is 0 Å². The van der Waals surface area contributed by atoms with Crippen LogP contribution in [0.25, 0.3) is 0 Å². The van der Waals surface area contributed by atoms with Gasteiger partial charge in [-0.05, 0) is 117 Å². The molecule has 0 radical (unpaired) electrons. The summed E-state index contributed by atoms with van der Waals surface area (Å²) in [5.41, 5.74) is 0.719. The molecule has 0 saturated heterocycles. The first kappa shape index (κ1) is 31.3. The molecule has 8 atom stereocenters. The highest BCUT2D eigenvalue weighted by molar-refractivity contribution is 5.75. The maximum absolute atomic E-state index is 12.1. The van der Waals surface area contributed by atoms with Crippen LogP contribution in [-0.2, 0) is 4.79 Å². The van der Waals surface area contributed by atoms with Crippen molar-refractivity contribution in [3.05, 3.63) is 0 Å². The van der Waals surface area contributed by atoms with E-state index in [4.69, 9.17) is 10.2 Å². The number of rotatable bonds is 6. The van der Waals surface area contributed by atoms with Gasteiger partial charge in [0.25, 0.3) is 0 Å². The first-order valence-electron chi connectivity index (χ1n) is 16.5. The van der Waals surface area contributed by atoms with Crippen molar-refractivity contribution >= 4 is 5.91 Å². The Balaban J connectivity index is 0.000000379. The molecular formula is C33H59NO5. The molecule has 5 fully saturated rings. The van der Waals surface area contributed by atoms with Crippen LogP contribution < -0.4 is 5.32 Å². The minimum atomic E-state index is -1.43. The highest BCUT2D eigenvalue weighted by atomic mass is 16.5. The first-order valence-corrected chi connectivity index (χ1v) is 16.5. The number of hydrogen-bond donors (Lipinski definition) is 5. The smallest absolute Gasteiger partial charge is 0.220 e. The Kier molecular flexibility index (Phi) is 9.83. The Bertz CT molecular complexity index is 821. The molecule has 0 bridgehead atoms. The summed E-state index contributed by atoms with van der Waals surface area (Å²) < 4.78 is 0. The van der Waals surface area contributed by atoms with Gasteiger partial charge in [0.2, 0.25) is 5.91 Å². The van der Waals surface area contributed by atoms with Crippen molar-refractivity contribution in [3.63, 3.8) is 0 Å². The maximum atomic E-state index is 12.1. The average molecular weight is 550 g/mol. The minimum Gasteiger partial charge on any atom is -0.366 e. The largest absolute Gasteiger partial charge is 0.366 e. The molecule has 5 N–H and O–H groups in total. The van der Waals surface area contributed by atoms with Crippen molar-refractivity contribution in [2.75, 3.05) is 6.54 Å². The van der Waals surface area contributed by atoms with Gasteiger partial charge in [-0.3, -0.25) is 4.79 Å². The number of carbonyl (C=O) groups is 1. The summed E-state index contributed by atoms with van der Waals surface area (Å²) in [5.74, 6) is 1.70. The molecular weight excluding hydrogens is 490 g/mol. The summed E-state index contributed by atoms with van der Waals surface area (Å²) >= 11 is 0. The van der Waals surface area contributed by atoms with E-state index in [0.29, 0.717) is 54.8 Å². The summed E-state index contributed by atoms with van der Waals surface area (Å²) in [6.45, 7) is 10.4. The van der Waals surface area contributed by atoms with Crippen molar-refractivity contribution in [2.24, 2.45) is 46.3 Å². The van der Waals surface area contributed by atoms with Crippen LogP contribution in [0.5, 0.6) is 0 Å². The predicted octanol–water partition coefficient (Wildman–Crippen LogP) is 5.90. The molecule has 0 aromatic carbocycles. The molecule has 0 spiro atoms. The van der Waals surface area contributed by atoms with Crippen LogP contribution in [0.1, 0.15) is 137 Å². The van der Waals surface area contributed by atoms with Gasteiger partial charge in [0, 0.05) is 38.6 Å². The molecule has 6 heteroatoms. The molecule has 0 aromatic rings. The second-order valence-electron chi connectivity index (χ2n) is 15.0. The molecule has 1 amide bonds. The third kappa shape index (κ3) is 6.87. The lowest BCUT2D eigenvalue weighted by Crippen LogP contribution is -2.56. The van der Waals surface area contributed by atoms with E-state index in [2.05, 4.69) is 33.0 Å². The molecule has 5 saturated carbocycles. The summed E-state index contributed by atoms with van der Waals surface area (Å²) in [6.07, 6.45) is 16.8. The van der Waals surface area contributed by atoms with Crippen molar-refractivity contribution in [3.8, 4) is 0 Å². The zero-order chi connectivity index (χ0) is 28.5. The standard InChI is InChI=1S/C27H47NO3.C6H12O2/c1-5-16-28-24(29)11-6-18(2)21-9-10-22-20-8-7-19-17-27(30,31)15-14-25(19,3)23(20)12-13-26(21,22)4;7-6(8)4-2-1-3-5-6/h18-23,30-31H,5-17H2,1-4H3,(H,28,29);7-8H,1-5H2. The predicted molar refractivity (Wildman–Crippen MR) is 154 cm³/mol. The molecule has 5 rings (SSSR count). The van der Waals surface area contributed by atoms with Gasteiger partial charge in [-0.1, -0.05) is 34.1 Å². The van der Waals surface area contributed by atoms with Gasteiger partial charge in [0.05, 0.1) is 0 Å². The molecule has 226 valence electrons. The minimum absolute atomic E-state index is 0.226. The van der Waals surface area contributed by atoms with Crippen LogP contribution >= 0.6 is 0 Å². The van der Waals surface area contributed by atoms with Gasteiger partial charge in [-0.15, -0.1) is 0 Å². The van der Waals surface area contributed by atoms with Crippen LogP contribution in [0.3, 0.4) is 0 Å². The van der Waals surface area contributed by atoms with Crippen molar-refractivity contribution < 1.29 is 25.2 Å². The Labute approximate surface area is 237 Å². The summed E-state index contributed by atoms with van der Waals surface area (Å²) in [7, 11) is 0. The molecule has 39 heavy (non-hydrogen) atoms. The maximum Gasteiger partial charge on any atom is 0.220 e.